The summed E-state index contributed by atoms with van der Waals surface area (Å²) in [4.78, 5) is 0.209. The normalized spacial score (nSPS) is 11.3. The molecule has 0 saturated heterocycles. The molecule has 0 radical (unpaired) electrons. The van der Waals surface area contributed by atoms with Gasteiger partial charge in [0.15, 0.2) is 0 Å². The molecule has 19 heavy (non-hydrogen) atoms. The van der Waals surface area contributed by atoms with Gasteiger partial charge in [-0.15, -0.1) is 0 Å². The van der Waals surface area contributed by atoms with Gasteiger partial charge in [-0.2, -0.15) is 0 Å². The van der Waals surface area contributed by atoms with Crippen molar-refractivity contribution in [3.05, 3.63) is 58.6 Å². The summed E-state index contributed by atoms with van der Waals surface area (Å²) in [5.74, 6) is 0. The molecule has 0 aliphatic carbocycles. The van der Waals surface area contributed by atoms with Crippen molar-refractivity contribution in [2.24, 2.45) is 5.73 Å². The van der Waals surface area contributed by atoms with Gasteiger partial charge < -0.3 is 5.73 Å². The minimum Gasteiger partial charge on any atom is -0.326 e. The fourth-order valence-corrected chi connectivity index (χ4v) is 3.24. The molecule has 6 heteroatoms. The highest BCUT2D eigenvalue weighted by molar-refractivity contribution is 9.10. The van der Waals surface area contributed by atoms with Crippen molar-refractivity contribution in [3.8, 4) is 0 Å². The largest absolute Gasteiger partial charge is 0.326 e. The average molecular weight is 341 g/mol. The lowest BCUT2D eigenvalue weighted by Gasteiger charge is -2.11. The van der Waals surface area contributed by atoms with Crippen molar-refractivity contribution in [1.29, 1.82) is 0 Å². The van der Waals surface area contributed by atoms with Gasteiger partial charge in [0, 0.05) is 16.7 Å². The van der Waals surface area contributed by atoms with Crippen molar-refractivity contribution in [2.45, 2.75) is 11.4 Å². The first-order chi connectivity index (χ1) is 9.03. The maximum absolute atomic E-state index is 12.3. The Kier molecular flexibility index (Phi) is 4.24. The van der Waals surface area contributed by atoms with Crippen LogP contribution in [0, 0.1) is 0 Å². The van der Waals surface area contributed by atoms with Gasteiger partial charge in [0.25, 0.3) is 10.0 Å². The van der Waals surface area contributed by atoms with Gasteiger partial charge in [-0.05, 0) is 35.9 Å². The van der Waals surface area contributed by atoms with E-state index in [2.05, 4.69) is 20.7 Å². The smallest absolute Gasteiger partial charge is 0.262 e. The maximum atomic E-state index is 12.3. The van der Waals surface area contributed by atoms with Crippen LogP contribution >= 0.6 is 15.9 Å². The summed E-state index contributed by atoms with van der Waals surface area (Å²) < 4.78 is 28.0. The molecule has 0 heterocycles. The Bertz CT molecular complexity index is 669. The molecule has 3 N–H and O–H groups in total. The van der Waals surface area contributed by atoms with Crippen molar-refractivity contribution in [1.82, 2.24) is 0 Å². The van der Waals surface area contributed by atoms with Crippen LogP contribution in [0.4, 0.5) is 5.69 Å². The lowest BCUT2D eigenvalue weighted by molar-refractivity contribution is 0.600. The van der Waals surface area contributed by atoms with E-state index in [-0.39, 0.29) is 11.4 Å². The van der Waals surface area contributed by atoms with E-state index in [0.29, 0.717) is 11.3 Å². The molecule has 0 saturated carbocycles. The monoisotopic (exact) mass is 340 g/mol. The number of hydrogen-bond acceptors (Lipinski definition) is 3. The number of hydrogen-bond donors (Lipinski definition) is 2. The highest BCUT2D eigenvalue weighted by atomic mass is 79.9. The summed E-state index contributed by atoms with van der Waals surface area (Å²) in [5, 5.41) is 0. The number of rotatable bonds is 4. The Morgan fingerprint density at radius 2 is 1.68 bits per heavy atom. The first-order valence-corrected chi connectivity index (χ1v) is 7.87. The first-order valence-electron chi connectivity index (χ1n) is 5.59. The standard InChI is InChI=1S/C13H13BrN2O2S/c14-11-5-7-12(8-6-11)16-19(17,18)13-4-2-1-3-10(13)9-15/h1-8,16H,9,15H2. The van der Waals surface area contributed by atoms with E-state index < -0.39 is 10.0 Å². The van der Waals surface area contributed by atoms with E-state index in [1.807, 2.05) is 0 Å². The molecule has 0 spiro atoms. The molecule has 0 atom stereocenters. The second-order valence-corrected chi connectivity index (χ2v) is 6.49. The van der Waals surface area contributed by atoms with E-state index in [1.165, 1.54) is 0 Å². The second-order valence-electron chi connectivity index (χ2n) is 3.92. The van der Waals surface area contributed by atoms with Crippen LogP contribution in [0.1, 0.15) is 5.56 Å². The summed E-state index contributed by atoms with van der Waals surface area (Å²) >= 11 is 3.30. The van der Waals surface area contributed by atoms with Crippen LogP contribution in [0.25, 0.3) is 0 Å². The van der Waals surface area contributed by atoms with Gasteiger partial charge in [0.05, 0.1) is 4.90 Å². The highest BCUT2D eigenvalue weighted by Gasteiger charge is 2.17. The lowest BCUT2D eigenvalue weighted by atomic mass is 10.2. The van der Waals surface area contributed by atoms with E-state index in [1.54, 1.807) is 48.5 Å². The van der Waals surface area contributed by atoms with Crippen LogP contribution in [0.5, 0.6) is 0 Å². The molecular weight excluding hydrogens is 328 g/mol. The second kappa shape index (κ2) is 5.73. The van der Waals surface area contributed by atoms with E-state index in [0.717, 1.165) is 4.47 Å². The molecule has 0 fully saturated rings. The Hall–Kier alpha value is -1.37. The minimum atomic E-state index is -3.61. The van der Waals surface area contributed by atoms with Gasteiger partial charge in [0.1, 0.15) is 0 Å². The molecular formula is C13H13BrN2O2S. The fourth-order valence-electron chi connectivity index (χ4n) is 1.66. The predicted molar refractivity (Wildman–Crippen MR) is 79.3 cm³/mol. The summed E-state index contributed by atoms with van der Waals surface area (Å²) in [6.45, 7) is 0.178. The molecule has 4 nitrogen and oxygen atoms in total. The fraction of sp³-hybridized carbons (Fsp3) is 0.0769. The van der Waals surface area contributed by atoms with Crippen molar-refractivity contribution in [3.63, 3.8) is 0 Å². The molecule has 2 rings (SSSR count). The Labute approximate surface area is 120 Å². The Balaban J connectivity index is 2.35. The molecule has 2 aromatic rings. The Morgan fingerprint density at radius 1 is 1.05 bits per heavy atom. The van der Waals surface area contributed by atoms with E-state index >= 15 is 0 Å². The van der Waals surface area contributed by atoms with Crippen LogP contribution in [0.2, 0.25) is 0 Å². The number of halogens is 1. The molecule has 0 aliphatic heterocycles. The third-order valence-corrected chi connectivity index (χ3v) is 4.59. The zero-order chi connectivity index (χ0) is 13.9. The van der Waals surface area contributed by atoms with E-state index in [9.17, 15) is 8.42 Å². The van der Waals surface area contributed by atoms with Gasteiger partial charge in [0.2, 0.25) is 0 Å². The average Bonchev–Trinajstić information content (AvgIpc) is 2.41. The van der Waals surface area contributed by atoms with E-state index in [4.69, 9.17) is 5.73 Å². The van der Waals surface area contributed by atoms with Gasteiger partial charge >= 0.3 is 0 Å². The topological polar surface area (TPSA) is 72.2 Å². The lowest BCUT2D eigenvalue weighted by Crippen LogP contribution is -2.16. The first kappa shape index (κ1) is 14.0. The third kappa shape index (κ3) is 3.34. The number of nitrogens with one attached hydrogen (secondary N) is 1. The zero-order valence-corrected chi connectivity index (χ0v) is 12.4. The van der Waals surface area contributed by atoms with Crippen LogP contribution in [-0.2, 0) is 16.6 Å². The summed E-state index contributed by atoms with van der Waals surface area (Å²) in [6, 6.07) is 13.6. The van der Waals surface area contributed by atoms with Crippen LogP contribution in [0.15, 0.2) is 57.9 Å². The SMILES string of the molecule is NCc1ccccc1S(=O)(=O)Nc1ccc(Br)cc1. The number of nitrogens with two attached hydrogens (primary N) is 1. The molecule has 0 aliphatic rings. The van der Waals surface area contributed by atoms with Gasteiger partial charge in [-0.25, -0.2) is 8.42 Å². The molecule has 0 bridgehead atoms. The maximum Gasteiger partial charge on any atom is 0.262 e. The molecule has 100 valence electrons. The van der Waals surface area contributed by atoms with Crippen LogP contribution in [-0.4, -0.2) is 8.42 Å². The number of anilines is 1. The molecule has 0 aromatic heterocycles. The van der Waals surface area contributed by atoms with Gasteiger partial charge in [-0.1, -0.05) is 34.1 Å². The minimum absolute atomic E-state index is 0.178. The van der Waals surface area contributed by atoms with Crippen molar-refractivity contribution < 1.29 is 8.42 Å². The van der Waals surface area contributed by atoms with Crippen LogP contribution in [0.3, 0.4) is 0 Å². The summed E-state index contributed by atoms with van der Waals surface area (Å²) in [7, 11) is -3.61. The third-order valence-electron chi connectivity index (χ3n) is 2.58. The van der Waals surface area contributed by atoms with Crippen molar-refractivity contribution in [2.75, 3.05) is 4.72 Å². The molecule has 0 amide bonds. The van der Waals surface area contributed by atoms with Gasteiger partial charge in [-0.3, -0.25) is 4.72 Å². The Morgan fingerprint density at radius 3 is 2.32 bits per heavy atom. The number of benzene rings is 2. The van der Waals surface area contributed by atoms with Crippen LogP contribution < -0.4 is 10.5 Å². The van der Waals surface area contributed by atoms with Crippen molar-refractivity contribution >= 4 is 31.6 Å². The molecule has 0 unspecified atom stereocenters. The molecule has 2 aromatic carbocycles. The predicted octanol–water partition coefficient (Wildman–Crippen LogP) is 2.71. The summed E-state index contributed by atoms with van der Waals surface area (Å²) in [5.41, 5.74) is 6.66. The quantitative estimate of drug-likeness (QED) is 0.898. The summed E-state index contributed by atoms with van der Waals surface area (Å²) in [6.07, 6.45) is 0. The number of sulfonamides is 1. The zero-order valence-electron chi connectivity index (χ0n) is 10.0. The highest BCUT2D eigenvalue weighted by Crippen LogP contribution is 2.20.